The van der Waals surface area contributed by atoms with Gasteiger partial charge in [0.05, 0.1) is 4.92 Å². The molecular weight excluding hydrogens is 303 g/mol. The van der Waals surface area contributed by atoms with Gasteiger partial charge in [0.1, 0.15) is 0 Å². The summed E-state index contributed by atoms with van der Waals surface area (Å²) in [6.07, 6.45) is 0.682. The van der Waals surface area contributed by atoms with E-state index in [0.29, 0.717) is 10.7 Å². The molecule has 9 heteroatoms. The summed E-state index contributed by atoms with van der Waals surface area (Å²) in [6, 6.07) is 2.80. The number of hydrogen-bond acceptors (Lipinski definition) is 5. The molecule has 1 aliphatic rings. The van der Waals surface area contributed by atoms with Gasteiger partial charge in [0, 0.05) is 13.0 Å². The molecule has 114 valence electrons. The molecule has 21 heavy (non-hydrogen) atoms. The van der Waals surface area contributed by atoms with Crippen molar-refractivity contribution in [1.29, 1.82) is 0 Å². The van der Waals surface area contributed by atoms with E-state index >= 15 is 0 Å². The number of halogens is 1. The normalized spacial score (nSPS) is 19.0. The molecule has 0 saturated carbocycles. The zero-order chi connectivity index (χ0) is 15.8. The molecule has 0 spiro atoms. The fourth-order valence-electron chi connectivity index (χ4n) is 2.25. The van der Waals surface area contributed by atoms with Crippen LogP contribution in [-0.2, 0) is 14.8 Å². The van der Waals surface area contributed by atoms with Crippen molar-refractivity contribution in [3.63, 3.8) is 0 Å². The van der Waals surface area contributed by atoms with Gasteiger partial charge in [0.25, 0.3) is 10.0 Å². The van der Waals surface area contributed by atoms with Crippen molar-refractivity contribution in [3.8, 4) is 0 Å². The average molecular weight is 316 g/mol. The van der Waals surface area contributed by atoms with Crippen molar-refractivity contribution in [2.75, 3.05) is 6.54 Å². The number of carbonyl (C=O) groups is 1. The van der Waals surface area contributed by atoms with Crippen LogP contribution in [0.1, 0.15) is 19.8 Å². The van der Waals surface area contributed by atoms with Gasteiger partial charge in [-0.25, -0.2) is 12.7 Å². The minimum absolute atomic E-state index is 0.0364. The van der Waals surface area contributed by atoms with Crippen molar-refractivity contribution < 1.29 is 22.5 Å². The molecule has 2 rings (SSSR count). The molecule has 1 atom stereocenters. The van der Waals surface area contributed by atoms with Crippen LogP contribution >= 0.6 is 0 Å². The van der Waals surface area contributed by atoms with Crippen LogP contribution in [0.4, 0.5) is 10.1 Å². The Balaban J connectivity index is 2.53. The third-order valence-electron chi connectivity index (χ3n) is 3.44. The minimum atomic E-state index is -4.43. The van der Waals surface area contributed by atoms with Gasteiger partial charge in [-0.1, -0.05) is 19.4 Å². The van der Waals surface area contributed by atoms with Crippen molar-refractivity contribution in [3.05, 3.63) is 34.1 Å². The first-order valence-electron chi connectivity index (χ1n) is 6.27. The quantitative estimate of drug-likeness (QED) is 0.622. The number of carbonyl (C=O) groups excluding carboxylic acids is 1. The first-order valence-corrected chi connectivity index (χ1v) is 7.71. The van der Waals surface area contributed by atoms with E-state index < -0.39 is 37.3 Å². The van der Waals surface area contributed by atoms with E-state index in [9.17, 15) is 27.7 Å². The number of hydrogen-bond donors (Lipinski definition) is 0. The smallest absolute Gasteiger partial charge is 0.274 e. The Hall–Kier alpha value is -2.03. The third-order valence-corrected chi connectivity index (χ3v) is 5.26. The molecule has 1 heterocycles. The summed E-state index contributed by atoms with van der Waals surface area (Å²) in [6.45, 7) is 1.78. The second kappa shape index (κ2) is 5.40. The largest absolute Gasteiger partial charge is 0.325 e. The van der Waals surface area contributed by atoms with Crippen LogP contribution in [-0.4, -0.2) is 30.1 Å². The number of nitro groups is 1. The highest BCUT2D eigenvalue weighted by Crippen LogP contribution is 2.33. The van der Waals surface area contributed by atoms with Crippen molar-refractivity contribution in [1.82, 2.24) is 4.31 Å². The number of rotatable bonds is 4. The lowest BCUT2D eigenvalue weighted by Crippen LogP contribution is -2.33. The maximum atomic E-state index is 13.5. The van der Waals surface area contributed by atoms with Crippen molar-refractivity contribution in [2.45, 2.75) is 24.7 Å². The average Bonchev–Trinajstić information content (AvgIpc) is 2.80. The summed E-state index contributed by atoms with van der Waals surface area (Å²) >= 11 is 0. The van der Waals surface area contributed by atoms with Crippen LogP contribution in [0.2, 0.25) is 0 Å². The highest BCUT2D eigenvalue weighted by Gasteiger charge is 2.41. The van der Waals surface area contributed by atoms with Crippen molar-refractivity contribution in [2.24, 2.45) is 5.92 Å². The standard InChI is InChI=1S/C12H13FN2O5S/c1-2-8-6-11(16)14(7-8)21(19,20)10-5-3-4-9(13)12(10)15(17)18/h3-5,8H,2,6-7H2,1H3. The van der Waals surface area contributed by atoms with Gasteiger partial charge < -0.3 is 0 Å². The lowest BCUT2D eigenvalue weighted by Gasteiger charge is -2.16. The third kappa shape index (κ3) is 2.60. The molecule has 1 aromatic carbocycles. The van der Waals surface area contributed by atoms with E-state index in [2.05, 4.69) is 0 Å². The van der Waals surface area contributed by atoms with Gasteiger partial charge in [0.2, 0.25) is 11.7 Å². The fourth-order valence-corrected chi connectivity index (χ4v) is 3.91. The Kier molecular flexibility index (Phi) is 3.95. The Morgan fingerprint density at radius 1 is 1.48 bits per heavy atom. The van der Waals surface area contributed by atoms with Gasteiger partial charge in [-0.2, -0.15) is 4.39 Å². The number of nitrogens with zero attached hydrogens (tertiary/aromatic N) is 2. The van der Waals surface area contributed by atoms with E-state index in [1.54, 1.807) is 0 Å². The SMILES string of the molecule is CCC1CC(=O)N(S(=O)(=O)c2cccc(F)c2[N+](=O)[O-])C1. The van der Waals surface area contributed by atoms with Crippen LogP contribution in [0.5, 0.6) is 0 Å². The molecule has 1 fully saturated rings. The molecule has 0 radical (unpaired) electrons. The monoisotopic (exact) mass is 316 g/mol. The highest BCUT2D eigenvalue weighted by atomic mass is 32.2. The Labute approximate surface area is 120 Å². The molecule has 0 bridgehead atoms. The number of nitro benzene ring substituents is 1. The van der Waals surface area contributed by atoms with Gasteiger partial charge >= 0.3 is 5.69 Å². The maximum absolute atomic E-state index is 13.5. The Morgan fingerprint density at radius 2 is 2.14 bits per heavy atom. The van der Waals surface area contributed by atoms with E-state index in [4.69, 9.17) is 0 Å². The van der Waals surface area contributed by atoms with Crippen LogP contribution in [0.3, 0.4) is 0 Å². The zero-order valence-corrected chi connectivity index (χ0v) is 12.0. The summed E-state index contributed by atoms with van der Waals surface area (Å²) in [5, 5.41) is 10.9. The summed E-state index contributed by atoms with van der Waals surface area (Å²) in [5.74, 6) is -2.00. The molecule has 7 nitrogen and oxygen atoms in total. The molecule has 1 aromatic rings. The van der Waals surface area contributed by atoms with Crippen LogP contribution < -0.4 is 0 Å². The second-order valence-electron chi connectivity index (χ2n) is 4.75. The fraction of sp³-hybridized carbons (Fsp3) is 0.417. The first-order chi connectivity index (χ1) is 9.78. The molecule has 1 saturated heterocycles. The summed E-state index contributed by atoms with van der Waals surface area (Å²) in [4.78, 5) is 20.8. The summed E-state index contributed by atoms with van der Waals surface area (Å²) < 4.78 is 39.0. The lowest BCUT2D eigenvalue weighted by atomic mass is 10.1. The second-order valence-corrected chi connectivity index (χ2v) is 6.58. The zero-order valence-electron chi connectivity index (χ0n) is 11.2. The van der Waals surface area contributed by atoms with Crippen molar-refractivity contribution >= 4 is 21.6 Å². The Morgan fingerprint density at radius 3 is 2.67 bits per heavy atom. The Bertz CT molecular complexity index is 704. The summed E-state index contributed by atoms with van der Waals surface area (Å²) in [7, 11) is -4.43. The lowest BCUT2D eigenvalue weighted by molar-refractivity contribution is -0.390. The molecule has 1 aliphatic heterocycles. The molecule has 0 N–H and O–H groups in total. The van der Waals surface area contributed by atoms with Crippen LogP contribution in [0.25, 0.3) is 0 Å². The molecule has 1 amide bonds. The maximum Gasteiger partial charge on any atom is 0.325 e. The first kappa shape index (κ1) is 15.4. The van der Waals surface area contributed by atoms with Crippen LogP contribution in [0.15, 0.2) is 23.1 Å². The predicted molar refractivity (Wildman–Crippen MR) is 70.4 cm³/mol. The number of benzene rings is 1. The molecule has 1 unspecified atom stereocenters. The summed E-state index contributed by atoms with van der Waals surface area (Å²) in [5.41, 5.74) is -1.13. The van der Waals surface area contributed by atoms with Gasteiger partial charge in [-0.15, -0.1) is 0 Å². The van der Waals surface area contributed by atoms with E-state index in [1.807, 2.05) is 6.92 Å². The number of amides is 1. The molecule has 0 aliphatic carbocycles. The highest BCUT2D eigenvalue weighted by molar-refractivity contribution is 7.89. The van der Waals surface area contributed by atoms with Gasteiger partial charge in [-0.3, -0.25) is 14.9 Å². The molecular formula is C12H13FN2O5S. The molecule has 0 aromatic heterocycles. The topological polar surface area (TPSA) is 97.6 Å². The van der Waals surface area contributed by atoms with E-state index in [1.165, 1.54) is 0 Å². The van der Waals surface area contributed by atoms with E-state index in [0.717, 1.165) is 18.2 Å². The van der Waals surface area contributed by atoms with E-state index in [-0.39, 0.29) is 18.9 Å². The predicted octanol–water partition coefficient (Wildman–Crippen LogP) is 1.68. The number of para-hydroxylation sites is 1. The van der Waals surface area contributed by atoms with Gasteiger partial charge in [0.15, 0.2) is 4.90 Å². The van der Waals surface area contributed by atoms with Crippen LogP contribution in [0, 0.1) is 21.8 Å². The minimum Gasteiger partial charge on any atom is -0.274 e. The van der Waals surface area contributed by atoms with Gasteiger partial charge in [-0.05, 0) is 18.1 Å². The number of sulfonamides is 1.